The van der Waals surface area contributed by atoms with Gasteiger partial charge in [0.2, 0.25) is 11.8 Å². The number of thiazole rings is 2. The number of thioether (sulfide) groups is 1. The van der Waals surface area contributed by atoms with Crippen molar-refractivity contribution in [1.29, 1.82) is 0 Å². The van der Waals surface area contributed by atoms with Gasteiger partial charge in [0.05, 0.1) is 27.9 Å². The summed E-state index contributed by atoms with van der Waals surface area (Å²) in [6.07, 6.45) is 0.154. The summed E-state index contributed by atoms with van der Waals surface area (Å²) in [5.74, 6) is -0.559. The van der Waals surface area contributed by atoms with E-state index in [0.717, 1.165) is 20.5 Å². The number of aryl methyl sites for hydroxylation is 1. The second kappa shape index (κ2) is 8.64. The Balaban J connectivity index is 1.62. The van der Waals surface area contributed by atoms with Crippen LogP contribution in [0.1, 0.15) is 18.3 Å². The van der Waals surface area contributed by atoms with Crippen LogP contribution in [0.15, 0.2) is 40.1 Å². The number of anilines is 1. The number of aromatic nitrogens is 2. The summed E-state index contributed by atoms with van der Waals surface area (Å²) in [5, 5.41) is 4.88. The monoisotopic (exact) mass is 418 g/mol. The van der Waals surface area contributed by atoms with Crippen LogP contribution in [0.25, 0.3) is 10.4 Å². The molecular formula is C18H18N4O2S3. The van der Waals surface area contributed by atoms with Gasteiger partial charge >= 0.3 is 0 Å². The number of hydrogen-bond acceptors (Lipinski definition) is 7. The molecule has 6 nitrogen and oxygen atoms in total. The first-order valence-electron chi connectivity index (χ1n) is 8.15. The lowest BCUT2D eigenvalue weighted by Crippen LogP contribution is -2.22. The minimum absolute atomic E-state index is 0.154. The van der Waals surface area contributed by atoms with Crippen molar-refractivity contribution in [2.45, 2.75) is 29.9 Å². The number of nitrogens with two attached hydrogens (primary N) is 1. The van der Waals surface area contributed by atoms with E-state index in [1.54, 1.807) is 6.92 Å². The molecule has 3 N–H and O–H groups in total. The minimum Gasteiger partial charge on any atom is -0.369 e. The highest BCUT2D eigenvalue weighted by Gasteiger charge is 2.16. The largest absolute Gasteiger partial charge is 0.369 e. The highest BCUT2D eigenvalue weighted by atomic mass is 32.2. The molecule has 3 aromatic rings. The van der Waals surface area contributed by atoms with Gasteiger partial charge < -0.3 is 11.1 Å². The highest BCUT2D eigenvalue weighted by molar-refractivity contribution is 8.02. The lowest BCUT2D eigenvalue weighted by molar-refractivity contribution is -0.117. The second-order valence-corrected chi connectivity index (χ2v) is 9.24. The fourth-order valence-electron chi connectivity index (χ4n) is 2.27. The van der Waals surface area contributed by atoms with Gasteiger partial charge in [0.15, 0.2) is 9.47 Å². The van der Waals surface area contributed by atoms with Crippen molar-refractivity contribution in [2.75, 3.05) is 5.32 Å². The lowest BCUT2D eigenvalue weighted by Gasteiger charge is -2.02. The highest BCUT2D eigenvalue weighted by Crippen LogP contribution is 2.32. The summed E-state index contributed by atoms with van der Waals surface area (Å²) in [4.78, 5) is 33.3. The number of nitrogens with zero attached hydrogens (tertiary/aromatic N) is 2. The molecule has 9 heteroatoms. The van der Waals surface area contributed by atoms with Crippen LogP contribution in [0.2, 0.25) is 0 Å². The summed E-state index contributed by atoms with van der Waals surface area (Å²) >= 11 is 4.15. The summed E-state index contributed by atoms with van der Waals surface area (Å²) in [6.45, 7) is 3.66. The SMILES string of the molecule is Cc1nc(NC(=O)Cc2csc(SC(C)C(N)=O)n2)sc1-c1ccccc1. The van der Waals surface area contributed by atoms with Crippen molar-refractivity contribution in [3.63, 3.8) is 0 Å². The van der Waals surface area contributed by atoms with Crippen molar-refractivity contribution in [2.24, 2.45) is 5.73 Å². The van der Waals surface area contributed by atoms with Crippen LogP contribution in [0.3, 0.4) is 0 Å². The van der Waals surface area contributed by atoms with E-state index < -0.39 is 0 Å². The van der Waals surface area contributed by atoms with Gasteiger partial charge in [0.25, 0.3) is 0 Å². The lowest BCUT2D eigenvalue weighted by atomic mass is 10.2. The fraction of sp³-hybridized carbons (Fsp3) is 0.222. The Hall–Kier alpha value is -2.23. The molecule has 2 amide bonds. The number of nitrogens with one attached hydrogen (secondary N) is 1. The van der Waals surface area contributed by atoms with Crippen LogP contribution in [0.4, 0.5) is 5.13 Å². The Labute approximate surface area is 169 Å². The number of primary amides is 1. The Bertz CT molecular complexity index is 953. The molecular weight excluding hydrogens is 400 g/mol. The molecule has 0 radical (unpaired) electrons. The van der Waals surface area contributed by atoms with E-state index in [1.165, 1.54) is 34.4 Å². The van der Waals surface area contributed by atoms with Gasteiger partial charge in [-0.1, -0.05) is 53.4 Å². The van der Waals surface area contributed by atoms with Crippen molar-refractivity contribution in [3.8, 4) is 10.4 Å². The van der Waals surface area contributed by atoms with E-state index in [1.807, 2.05) is 42.6 Å². The summed E-state index contributed by atoms with van der Waals surface area (Å²) in [5.41, 5.74) is 7.89. The Morgan fingerprint density at radius 3 is 2.70 bits per heavy atom. The zero-order chi connectivity index (χ0) is 19.4. The third kappa shape index (κ3) is 5.15. The van der Waals surface area contributed by atoms with Crippen LogP contribution in [-0.4, -0.2) is 27.0 Å². The molecule has 1 aromatic carbocycles. The number of amides is 2. The molecule has 140 valence electrons. The molecule has 3 rings (SSSR count). The maximum absolute atomic E-state index is 12.3. The van der Waals surface area contributed by atoms with Crippen LogP contribution in [0.5, 0.6) is 0 Å². The van der Waals surface area contributed by atoms with E-state index in [9.17, 15) is 9.59 Å². The van der Waals surface area contributed by atoms with Crippen molar-refractivity contribution in [3.05, 3.63) is 47.1 Å². The first-order chi connectivity index (χ1) is 12.9. The van der Waals surface area contributed by atoms with Crippen molar-refractivity contribution < 1.29 is 9.59 Å². The molecule has 0 saturated carbocycles. The standard InChI is InChI=1S/C18H18N4O2S3/c1-10-15(12-6-4-3-5-7-12)27-17(20-10)22-14(23)8-13-9-25-18(21-13)26-11(2)16(19)24/h3-7,9,11H,8H2,1-2H3,(H2,19,24)(H,20,22,23). The van der Waals surface area contributed by atoms with Gasteiger partial charge in [-0.2, -0.15) is 0 Å². The smallest absolute Gasteiger partial charge is 0.232 e. The van der Waals surface area contributed by atoms with Crippen LogP contribution in [0, 0.1) is 6.92 Å². The average molecular weight is 419 g/mol. The molecule has 0 fully saturated rings. The predicted molar refractivity (Wildman–Crippen MR) is 111 cm³/mol. The number of carbonyl (C=O) groups excluding carboxylic acids is 2. The van der Waals surface area contributed by atoms with Crippen LogP contribution < -0.4 is 11.1 Å². The number of rotatable bonds is 7. The average Bonchev–Trinajstić information content (AvgIpc) is 3.21. The number of hydrogen-bond donors (Lipinski definition) is 2. The first-order valence-corrected chi connectivity index (χ1v) is 10.7. The molecule has 0 bridgehead atoms. The summed E-state index contributed by atoms with van der Waals surface area (Å²) in [7, 11) is 0. The molecule has 0 aliphatic heterocycles. The zero-order valence-electron chi connectivity index (χ0n) is 14.8. The van der Waals surface area contributed by atoms with Gasteiger partial charge in [0.1, 0.15) is 0 Å². The van der Waals surface area contributed by atoms with Crippen LogP contribution in [-0.2, 0) is 16.0 Å². The van der Waals surface area contributed by atoms with Gasteiger partial charge in [-0.05, 0) is 19.4 Å². The normalized spacial score (nSPS) is 11.9. The van der Waals surface area contributed by atoms with Gasteiger partial charge in [-0.3, -0.25) is 9.59 Å². The van der Waals surface area contributed by atoms with E-state index in [0.29, 0.717) is 10.8 Å². The molecule has 2 aromatic heterocycles. The summed E-state index contributed by atoms with van der Waals surface area (Å²) < 4.78 is 0.723. The molecule has 1 unspecified atom stereocenters. The maximum atomic E-state index is 12.3. The van der Waals surface area contributed by atoms with E-state index in [-0.39, 0.29) is 23.5 Å². The van der Waals surface area contributed by atoms with Crippen molar-refractivity contribution >= 4 is 51.4 Å². The van der Waals surface area contributed by atoms with E-state index in [2.05, 4.69) is 15.3 Å². The molecule has 0 aliphatic rings. The second-order valence-electron chi connectivity index (χ2n) is 5.79. The van der Waals surface area contributed by atoms with Gasteiger partial charge in [-0.15, -0.1) is 11.3 Å². The maximum Gasteiger partial charge on any atom is 0.232 e. The minimum atomic E-state index is -0.386. The third-order valence-corrected chi connectivity index (χ3v) is 6.89. The van der Waals surface area contributed by atoms with E-state index in [4.69, 9.17) is 5.73 Å². The topological polar surface area (TPSA) is 98.0 Å². The zero-order valence-corrected chi connectivity index (χ0v) is 17.2. The third-order valence-electron chi connectivity index (χ3n) is 3.63. The predicted octanol–water partition coefficient (Wildman–Crippen LogP) is 3.72. The molecule has 0 saturated heterocycles. The quantitative estimate of drug-likeness (QED) is 0.570. The Morgan fingerprint density at radius 1 is 1.26 bits per heavy atom. The van der Waals surface area contributed by atoms with E-state index >= 15 is 0 Å². The van der Waals surface area contributed by atoms with Crippen molar-refractivity contribution in [1.82, 2.24) is 9.97 Å². The molecule has 0 spiro atoms. The molecule has 0 aliphatic carbocycles. The number of benzene rings is 1. The van der Waals surface area contributed by atoms with Gasteiger partial charge in [0, 0.05) is 5.38 Å². The van der Waals surface area contributed by atoms with Crippen LogP contribution >= 0.6 is 34.4 Å². The fourth-order valence-corrected chi connectivity index (χ4v) is 5.19. The molecule has 1 atom stereocenters. The van der Waals surface area contributed by atoms with Gasteiger partial charge in [-0.25, -0.2) is 9.97 Å². The summed E-state index contributed by atoms with van der Waals surface area (Å²) in [6, 6.07) is 9.96. The Morgan fingerprint density at radius 2 is 2.00 bits per heavy atom. The molecule has 27 heavy (non-hydrogen) atoms. The Kier molecular flexibility index (Phi) is 6.25. The number of carbonyl (C=O) groups is 2. The molecule has 2 heterocycles. The first kappa shape index (κ1) is 19.5.